The Kier molecular flexibility index (Phi) is 11.7. The van der Waals surface area contributed by atoms with Crippen molar-refractivity contribution >= 4 is 20.9 Å². The summed E-state index contributed by atoms with van der Waals surface area (Å²) in [5.74, 6) is -0.0435. The van der Waals surface area contributed by atoms with Crippen LogP contribution in [0.1, 0.15) is 64.9 Å². The van der Waals surface area contributed by atoms with Crippen molar-refractivity contribution in [3.05, 3.63) is 72.3 Å². The largest absolute Gasteiger partial charge is 0.744 e. The van der Waals surface area contributed by atoms with Gasteiger partial charge < -0.3 is 14.1 Å². The molecule has 0 aromatic heterocycles. The van der Waals surface area contributed by atoms with Crippen molar-refractivity contribution in [2.24, 2.45) is 0 Å². The average Bonchev–Trinajstić information content (AvgIpc) is 2.85. The number of benzene rings is 3. The van der Waals surface area contributed by atoms with Crippen molar-refractivity contribution < 1.29 is 22.6 Å². The maximum absolute atomic E-state index is 10.9. The molecule has 0 spiro atoms. The minimum atomic E-state index is -4.51. The second-order valence-corrected chi connectivity index (χ2v) is 10.6. The van der Waals surface area contributed by atoms with E-state index in [1.807, 2.05) is 0 Å². The Labute approximate surface area is 211 Å². The molecule has 192 valence electrons. The number of rotatable bonds is 12. The predicted octanol–water partition coefficient (Wildman–Crippen LogP) is 6.85. The third-order valence-electron chi connectivity index (χ3n) is 6.45. The molecule has 0 radical (unpaired) electrons. The average molecular weight is 500 g/mol. The van der Waals surface area contributed by atoms with Crippen LogP contribution in [-0.2, 0) is 16.7 Å². The Balaban J connectivity index is 0.000000256. The van der Waals surface area contributed by atoms with Crippen molar-refractivity contribution in [3.8, 4) is 5.75 Å². The number of phenols is 1. The van der Waals surface area contributed by atoms with E-state index in [0.29, 0.717) is 5.39 Å². The number of hydrogen-bond acceptors (Lipinski definition) is 4. The van der Waals surface area contributed by atoms with Crippen LogP contribution in [0.3, 0.4) is 0 Å². The van der Waals surface area contributed by atoms with Gasteiger partial charge in [-0.25, -0.2) is 8.42 Å². The van der Waals surface area contributed by atoms with Crippen molar-refractivity contribution in [1.82, 2.24) is 0 Å². The Hall–Kier alpha value is -2.41. The summed E-state index contributed by atoms with van der Waals surface area (Å²) in [4.78, 5) is -0.309. The van der Waals surface area contributed by atoms with Crippen molar-refractivity contribution in [2.75, 3.05) is 19.6 Å². The summed E-state index contributed by atoms with van der Waals surface area (Å²) >= 11 is 0. The van der Waals surface area contributed by atoms with Crippen LogP contribution in [0, 0.1) is 0 Å². The lowest BCUT2D eigenvalue weighted by atomic mass is 10.1. The van der Waals surface area contributed by atoms with Crippen LogP contribution in [0.15, 0.2) is 71.6 Å². The molecule has 3 rings (SSSR count). The molecule has 0 aliphatic rings. The molecule has 0 amide bonds. The Morgan fingerprint density at radius 3 is 1.69 bits per heavy atom. The maximum atomic E-state index is 10.9. The summed E-state index contributed by atoms with van der Waals surface area (Å²) < 4.78 is 34.1. The highest BCUT2D eigenvalue weighted by molar-refractivity contribution is 7.86. The quantitative estimate of drug-likeness (QED) is 0.218. The van der Waals surface area contributed by atoms with Gasteiger partial charge in [-0.2, -0.15) is 0 Å². The summed E-state index contributed by atoms with van der Waals surface area (Å²) in [5, 5.41) is 10.1. The van der Waals surface area contributed by atoms with Gasteiger partial charge in [0.1, 0.15) is 22.4 Å². The van der Waals surface area contributed by atoms with Crippen LogP contribution < -0.4 is 0 Å². The summed E-state index contributed by atoms with van der Waals surface area (Å²) in [6.45, 7) is 12.2. The molecular formula is C29H41NO4S. The van der Waals surface area contributed by atoms with Crippen LogP contribution in [0.5, 0.6) is 5.75 Å². The molecule has 1 N–H and O–H groups in total. The molecule has 0 heterocycles. The normalized spacial score (nSPS) is 11.8. The van der Waals surface area contributed by atoms with Crippen LogP contribution >= 0.6 is 0 Å². The van der Waals surface area contributed by atoms with E-state index >= 15 is 0 Å². The zero-order valence-corrected chi connectivity index (χ0v) is 22.3. The number of fused-ring (bicyclic) bond motifs is 1. The fourth-order valence-corrected chi connectivity index (χ4v) is 5.18. The van der Waals surface area contributed by atoms with Gasteiger partial charge in [0, 0.05) is 16.3 Å². The summed E-state index contributed by atoms with van der Waals surface area (Å²) in [5.41, 5.74) is 1.51. The van der Waals surface area contributed by atoms with Gasteiger partial charge in [-0.1, -0.05) is 94.6 Å². The van der Waals surface area contributed by atoms with Gasteiger partial charge in [-0.15, -0.1) is 0 Å². The van der Waals surface area contributed by atoms with Gasteiger partial charge in [0.25, 0.3) is 0 Å². The predicted molar refractivity (Wildman–Crippen MR) is 143 cm³/mol. The van der Waals surface area contributed by atoms with E-state index in [1.54, 1.807) is 18.2 Å². The number of unbranched alkanes of at least 4 members (excludes halogenated alkanes) is 3. The van der Waals surface area contributed by atoms with E-state index in [9.17, 15) is 18.1 Å². The molecule has 0 aliphatic carbocycles. The SMILES string of the molecule is CCCC[N+](CCCC)(CCCC)Cc1ccccc1.O=S(=O)([O-])c1ccc(O)c2ccccc12. The first-order valence-electron chi connectivity index (χ1n) is 12.8. The van der Waals surface area contributed by atoms with E-state index < -0.39 is 10.1 Å². The smallest absolute Gasteiger partial charge is 0.125 e. The third-order valence-corrected chi connectivity index (χ3v) is 7.34. The lowest BCUT2D eigenvalue weighted by Crippen LogP contribution is -2.49. The van der Waals surface area contributed by atoms with Crippen LogP contribution in [-0.4, -0.2) is 42.2 Å². The maximum Gasteiger partial charge on any atom is 0.125 e. The number of nitrogens with zero attached hydrogens (tertiary/aromatic N) is 1. The first-order valence-corrected chi connectivity index (χ1v) is 14.2. The highest BCUT2D eigenvalue weighted by Gasteiger charge is 2.26. The molecule has 35 heavy (non-hydrogen) atoms. The Morgan fingerprint density at radius 1 is 0.714 bits per heavy atom. The lowest BCUT2D eigenvalue weighted by Gasteiger charge is -2.39. The fourth-order valence-electron chi connectivity index (χ4n) is 4.50. The molecule has 0 bridgehead atoms. The highest BCUT2D eigenvalue weighted by Crippen LogP contribution is 2.29. The molecule has 5 nitrogen and oxygen atoms in total. The van der Waals surface area contributed by atoms with Crippen molar-refractivity contribution in [3.63, 3.8) is 0 Å². The fraction of sp³-hybridized carbons (Fsp3) is 0.448. The van der Waals surface area contributed by atoms with Gasteiger partial charge in [0.2, 0.25) is 0 Å². The molecule has 0 aliphatic heterocycles. The molecule has 0 saturated carbocycles. The third kappa shape index (κ3) is 8.95. The first-order chi connectivity index (χ1) is 16.8. The monoisotopic (exact) mass is 499 g/mol. The molecule has 0 fully saturated rings. The van der Waals surface area contributed by atoms with Crippen molar-refractivity contribution in [1.29, 1.82) is 0 Å². The second-order valence-electron chi connectivity index (χ2n) is 9.30. The molecule has 0 saturated heterocycles. The van der Waals surface area contributed by atoms with E-state index in [-0.39, 0.29) is 16.0 Å². The van der Waals surface area contributed by atoms with E-state index in [4.69, 9.17) is 0 Å². The number of phenolic OH excluding ortho intramolecular Hbond substituents is 1. The summed E-state index contributed by atoms with van der Waals surface area (Å²) in [6.07, 6.45) is 8.02. The molecular weight excluding hydrogens is 458 g/mol. The van der Waals surface area contributed by atoms with Gasteiger partial charge in [-0.05, 0) is 31.4 Å². The minimum absolute atomic E-state index is 0.0435. The van der Waals surface area contributed by atoms with Gasteiger partial charge >= 0.3 is 0 Å². The van der Waals surface area contributed by atoms with Crippen LogP contribution in [0.4, 0.5) is 0 Å². The van der Waals surface area contributed by atoms with E-state index in [1.165, 1.54) is 86.9 Å². The van der Waals surface area contributed by atoms with Crippen molar-refractivity contribution in [2.45, 2.75) is 70.7 Å². The Morgan fingerprint density at radius 2 is 1.20 bits per heavy atom. The zero-order valence-electron chi connectivity index (χ0n) is 21.4. The van der Waals surface area contributed by atoms with Gasteiger partial charge in [0.15, 0.2) is 0 Å². The number of aromatic hydroxyl groups is 1. The van der Waals surface area contributed by atoms with Crippen LogP contribution in [0.25, 0.3) is 10.8 Å². The van der Waals surface area contributed by atoms with Gasteiger partial charge in [0.05, 0.1) is 24.5 Å². The zero-order chi connectivity index (χ0) is 25.7. The lowest BCUT2D eigenvalue weighted by molar-refractivity contribution is -0.941. The minimum Gasteiger partial charge on any atom is -0.744 e. The molecule has 6 heteroatoms. The topological polar surface area (TPSA) is 77.4 Å². The number of hydrogen-bond donors (Lipinski definition) is 1. The molecule has 0 unspecified atom stereocenters. The Bertz CT molecular complexity index is 1110. The molecule has 3 aromatic rings. The second kappa shape index (κ2) is 14.2. The number of quaternary nitrogens is 1. The standard InChI is InChI=1S/C19H34N.C10H8O4S/c1-4-7-15-20(16-8-5-2,17-9-6-3)18-19-13-11-10-12-14-19;11-9-5-6-10(15(12,13)14)8-4-2-1-3-7(8)9/h10-14H,4-9,15-18H2,1-3H3;1-6,11H,(H,12,13,14)/q+1;/p-1. The first kappa shape index (κ1) is 28.8. The van der Waals surface area contributed by atoms with E-state index in [0.717, 1.165) is 6.07 Å². The summed E-state index contributed by atoms with van der Waals surface area (Å²) in [6, 6.07) is 19.7. The van der Waals surface area contributed by atoms with E-state index in [2.05, 4.69) is 51.1 Å². The molecule has 3 aromatic carbocycles. The van der Waals surface area contributed by atoms with Gasteiger partial charge in [-0.3, -0.25) is 0 Å². The highest BCUT2D eigenvalue weighted by atomic mass is 32.2. The summed E-state index contributed by atoms with van der Waals surface area (Å²) in [7, 11) is -4.51. The molecule has 0 atom stereocenters. The van der Waals surface area contributed by atoms with Crippen LogP contribution in [0.2, 0.25) is 0 Å².